The van der Waals surface area contributed by atoms with Gasteiger partial charge in [-0.05, 0) is 101 Å². The molecule has 0 unspecified atom stereocenters. The number of anilines is 2. The highest BCUT2D eigenvalue weighted by Gasteiger charge is 2.24. The number of phenolic OH excluding ortho intramolecular Hbond substituents is 2. The van der Waals surface area contributed by atoms with Crippen molar-refractivity contribution < 1.29 is 39.4 Å². The number of ether oxygens (including phenoxy) is 1. The van der Waals surface area contributed by atoms with Crippen LogP contribution in [0, 0.1) is 30.9 Å². The zero-order valence-electron chi connectivity index (χ0n) is 38.9. The summed E-state index contributed by atoms with van der Waals surface area (Å²) in [6.45, 7) is 5.71. The molecule has 0 aliphatic carbocycles. The highest BCUT2D eigenvalue weighted by molar-refractivity contribution is 7.99. The van der Waals surface area contributed by atoms with Gasteiger partial charge in [0.05, 0.1) is 28.2 Å². The zero-order valence-corrected chi connectivity index (χ0v) is 40.5. The van der Waals surface area contributed by atoms with Gasteiger partial charge in [-0.15, -0.1) is 16.9 Å². The van der Waals surface area contributed by atoms with Crippen molar-refractivity contribution in [3.8, 4) is 28.7 Å². The van der Waals surface area contributed by atoms with E-state index >= 15 is 0 Å². The van der Waals surface area contributed by atoms with E-state index in [2.05, 4.69) is 26.2 Å². The van der Waals surface area contributed by atoms with Crippen molar-refractivity contribution in [2.45, 2.75) is 43.0 Å². The molecule has 1 aromatic heterocycles. The molecule has 5 N–H and O–H groups in total. The summed E-state index contributed by atoms with van der Waals surface area (Å²) in [6.07, 6.45) is 0.0177. The van der Waals surface area contributed by atoms with Gasteiger partial charge in [0.1, 0.15) is 17.2 Å². The van der Waals surface area contributed by atoms with Crippen LogP contribution in [-0.4, -0.2) is 64.0 Å². The number of tetrazole rings is 1. The van der Waals surface area contributed by atoms with Crippen molar-refractivity contribution in [2.24, 2.45) is 0 Å². The zero-order chi connectivity index (χ0) is 50.9. The number of thioether (sulfide) groups is 2. The number of nitro groups is 1. The molecule has 1 heterocycles. The number of aliphatic carboxylic acids is 1. The Morgan fingerprint density at radius 2 is 1.28 bits per heavy atom. The lowest BCUT2D eigenvalue weighted by Crippen LogP contribution is -2.13. The molecule has 0 aliphatic heterocycles. The van der Waals surface area contributed by atoms with E-state index in [0.717, 1.165) is 32.7 Å². The summed E-state index contributed by atoms with van der Waals surface area (Å²) in [6, 6.07) is 44.2. The van der Waals surface area contributed by atoms with Crippen LogP contribution in [0.15, 0.2) is 162 Å². The number of aromatic nitrogens is 4. The van der Waals surface area contributed by atoms with Crippen LogP contribution in [0.1, 0.15) is 49.4 Å². The number of aryl methyl sites for hydroxylation is 3. The molecular formula is C54H45N7O9S2. The second-order valence-electron chi connectivity index (χ2n) is 16.3. The summed E-state index contributed by atoms with van der Waals surface area (Å²) >= 11 is 2.69. The Bertz CT molecular complexity index is 3520. The van der Waals surface area contributed by atoms with Gasteiger partial charge in [-0.2, -0.15) is 4.68 Å². The van der Waals surface area contributed by atoms with Crippen molar-refractivity contribution in [1.82, 2.24) is 20.2 Å². The SMILES string of the molecule is Cc1ccc(C)c(NC(=O)c2cc(SCCC(=O)O)c3ccccc3c2O)c1.Cc1ccccc1NC(=O)c1cc(Oc2ccc(CSc3nnnn3-c3ccccc3)cc2[N+](=O)[O-])c2ccccc2c1O. The van der Waals surface area contributed by atoms with E-state index in [4.69, 9.17) is 9.84 Å². The highest BCUT2D eigenvalue weighted by atomic mass is 32.2. The van der Waals surface area contributed by atoms with Crippen molar-refractivity contribution in [3.63, 3.8) is 0 Å². The number of rotatable bonds is 15. The van der Waals surface area contributed by atoms with Crippen LogP contribution in [0.25, 0.3) is 27.2 Å². The average Bonchev–Trinajstić information content (AvgIpc) is 3.86. The van der Waals surface area contributed by atoms with E-state index < -0.39 is 22.7 Å². The molecule has 72 heavy (non-hydrogen) atoms. The Kier molecular flexibility index (Phi) is 15.4. The molecule has 9 rings (SSSR count). The van der Waals surface area contributed by atoms with Crippen LogP contribution in [0.4, 0.5) is 17.1 Å². The molecule has 362 valence electrons. The number of fused-ring (bicyclic) bond motifs is 2. The topological polar surface area (TPSA) is 232 Å². The molecule has 9 aromatic rings. The number of hydrogen-bond acceptors (Lipinski definition) is 13. The molecule has 16 nitrogen and oxygen atoms in total. The Morgan fingerprint density at radius 3 is 1.97 bits per heavy atom. The number of nitrogens with one attached hydrogen (secondary N) is 2. The molecule has 0 aliphatic rings. The second-order valence-corrected chi connectivity index (χ2v) is 18.4. The van der Waals surface area contributed by atoms with Crippen molar-refractivity contribution in [1.29, 1.82) is 0 Å². The minimum Gasteiger partial charge on any atom is -0.506 e. The molecule has 18 heteroatoms. The molecule has 0 radical (unpaired) electrons. The lowest BCUT2D eigenvalue weighted by molar-refractivity contribution is -0.385. The summed E-state index contributed by atoms with van der Waals surface area (Å²) in [5.74, 6) is -1.23. The van der Waals surface area contributed by atoms with Crippen molar-refractivity contribution in [2.75, 3.05) is 16.4 Å². The number of benzene rings is 8. The number of para-hydroxylation sites is 2. The maximum Gasteiger partial charge on any atom is 0.311 e. The molecule has 0 fully saturated rings. The molecular weight excluding hydrogens is 955 g/mol. The summed E-state index contributed by atoms with van der Waals surface area (Å²) in [5, 5.41) is 63.1. The van der Waals surface area contributed by atoms with E-state index in [9.17, 15) is 34.7 Å². The number of hydrogen-bond donors (Lipinski definition) is 5. The van der Waals surface area contributed by atoms with Gasteiger partial charge in [0.25, 0.3) is 11.8 Å². The highest BCUT2D eigenvalue weighted by Crippen LogP contribution is 2.42. The second kappa shape index (κ2) is 22.3. The number of carbonyl (C=O) groups excluding carboxylic acids is 2. The van der Waals surface area contributed by atoms with Crippen molar-refractivity contribution in [3.05, 3.63) is 195 Å². The first-order valence-corrected chi connectivity index (χ1v) is 24.2. The summed E-state index contributed by atoms with van der Waals surface area (Å²) < 4.78 is 7.71. The number of amides is 2. The number of carbonyl (C=O) groups is 3. The third kappa shape index (κ3) is 11.5. The average molecular weight is 1000 g/mol. The maximum atomic E-state index is 13.3. The van der Waals surface area contributed by atoms with E-state index in [1.807, 2.05) is 93.6 Å². The number of nitro benzene ring substituents is 1. The molecule has 0 saturated carbocycles. The lowest BCUT2D eigenvalue weighted by Gasteiger charge is -2.15. The van der Waals surface area contributed by atoms with Crippen LogP contribution < -0.4 is 15.4 Å². The largest absolute Gasteiger partial charge is 0.506 e. The van der Waals surface area contributed by atoms with Gasteiger partial charge in [-0.1, -0.05) is 115 Å². The first-order chi connectivity index (χ1) is 34.7. The smallest absolute Gasteiger partial charge is 0.311 e. The van der Waals surface area contributed by atoms with Crippen LogP contribution in [0.5, 0.6) is 23.0 Å². The molecule has 0 atom stereocenters. The van der Waals surface area contributed by atoms with E-state index in [1.165, 1.54) is 41.7 Å². The van der Waals surface area contributed by atoms with Crippen molar-refractivity contribution >= 4 is 79.9 Å². The lowest BCUT2D eigenvalue weighted by atomic mass is 10.0. The van der Waals surface area contributed by atoms with Gasteiger partial charge in [0.2, 0.25) is 10.9 Å². The molecule has 2 amide bonds. The van der Waals surface area contributed by atoms with Crippen LogP contribution in [0.2, 0.25) is 0 Å². The van der Waals surface area contributed by atoms with Crippen LogP contribution in [-0.2, 0) is 10.5 Å². The predicted octanol–water partition coefficient (Wildman–Crippen LogP) is 12.1. The number of phenols is 2. The predicted molar refractivity (Wildman–Crippen MR) is 279 cm³/mol. The van der Waals surface area contributed by atoms with Gasteiger partial charge in [0, 0.05) is 50.0 Å². The monoisotopic (exact) mass is 999 g/mol. The summed E-state index contributed by atoms with van der Waals surface area (Å²) in [7, 11) is 0. The van der Waals surface area contributed by atoms with Crippen LogP contribution >= 0.6 is 23.5 Å². The van der Waals surface area contributed by atoms with Gasteiger partial charge in [-0.3, -0.25) is 24.5 Å². The minimum absolute atomic E-state index is 0.0148. The van der Waals surface area contributed by atoms with Gasteiger partial charge in [-0.25, -0.2) is 0 Å². The Balaban J connectivity index is 0.000000213. The van der Waals surface area contributed by atoms with E-state index in [1.54, 1.807) is 65.3 Å². The third-order valence-electron chi connectivity index (χ3n) is 11.3. The van der Waals surface area contributed by atoms with Gasteiger partial charge < -0.3 is 30.7 Å². The first kappa shape index (κ1) is 49.7. The standard InChI is InChI=1S/C32H24N6O5S.C22H21NO4S/c1-20-9-5-8-14-26(20)33-31(40)25-18-29(23-12-6-7-13-24(23)30(25)39)43-28-16-15-21(17-27(28)38(41)42)19-44-32-34-35-36-37(32)22-10-3-2-4-11-22;1-13-7-8-14(2)18(11-13)23-22(27)17-12-19(28-10-9-20(24)25)15-5-3-4-6-16(15)21(17)26/h2-18,39H,19H2,1H3,(H,33,40);3-8,11-12,26H,9-10H2,1-2H3,(H,23,27)(H,24,25). The molecule has 0 bridgehead atoms. The molecule has 0 saturated heterocycles. The van der Waals surface area contributed by atoms with E-state index in [0.29, 0.717) is 49.8 Å². The number of aromatic hydroxyl groups is 2. The number of carboxylic acids is 1. The fourth-order valence-electron chi connectivity index (χ4n) is 7.56. The third-order valence-corrected chi connectivity index (χ3v) is 13.4. The Hall–Kier alpha value is -8.74. The maximum absolute atomic E-state index is 13.3. The normalized spacial score (nSPS) is 10.9. The molecule has 0 spiro atoms. The fourth-order valence-corrected chi connectivity index (χ4v) is 9.43. The number of nitrogens with zero attached hydrogens (tertiary/aromatic N) is 5. The minimum atomic E-state index is -0.872. The Morgan fingerprint density at radius 1 is 0.667 bits per heavy atom. The quantitative estimate of drug-likeness (QED) is 0.0365. The summed E-state index contributed by atoms with van der Waals surface area (Å²) in [4.78, 5) is 49.4. The molecule has 8 aromatic carbocycles. The van der Waals surface area contributed by atoms with E-state index in [-0.39, 0.29) is 46.2 Å². The van der Waals surface area contributed by atoms with Gasteiger partial charge >= 0.3 is 11.7 Å². The fraction of sp³-hybridized carbons (Fsp3) is 0.111. The summed E-state index contributed by atoms with van der Waals surface area (Å²) in [5.41, 5.74) is 5.41. The first-order valence-electron chi connectivity index (χ1n) is 22.3. The van der Waals surface area contributed by atoms with Gasteiger partial charge in [0.15, 0.2) is 0 Å². The van der Waals surface area contributed by atoms with Crippen LogP contribution in [0.3, 0.4) is 0 Å². The number of carboxylic acid groups (broad SMARTS) is 1. The Labute approximate surface area is 420 Å².